The topological polar surface area (TPSA) is 86.3 Å². The van der Waals surface area contributed by atoms with Gasteiger partial charge in [0.25, 0.3) is 0 Å². The zero-order chi connectivity index (χ0) is 31.3. The number of carbonyl (C=O) groups excluding carboxylic acids is 2. The molecule has 0 saturated carbocycles. The molecule has 2 aliphatic rings. The molecule has 4 aromatic rings. The molecule has 0 spiro atoms. The monoisotopic (exact) mass is 612 g/mol. The van der Waals surface area contributed by atoms with Gasteiger partial charge in [-0.05, 0) is 55.3 Å². The smallest absolute Gasteiger partial charge is 0.240 e. The number of nitrogens with zero attached hydrogens (tertiary/aromatic N) is 4. The van der Waals surface area contributed by atoms with E-state index in [2.05, 4.69) is 10.3 Å². The van der Waals surface area contributed by atoms with E-state index in [4.69, 9.17) is 4.98 Å². The largest absolute Gasteiger partial charge is 0.352 e. The second-order valence-electron chi connectivity index (χ2n) is 12.3. The van der Waals surface area contributed by atoms with Crippen molar-refractivity contribution in [1.29, 1.82) is 0 Å². The number of likely N-dealkylation sites (N-methyl/N-ethyl adjacent to an activating group) is 1. The van der Waals surface area contributed by atoms with Crippen molar-refractivity contribution in [3.8, 4) is 11.5 Å². The van der Waals surface area contributed by atoms with E-state index in [1.54, 1.807) is 24.1 Å². The molecule has 4 heterocycles. The summed E-state index contributed by atoms with van der Waals surface area (Å²) in [6.07, 6.45) is -1.19. The molecule has 2 aliphatic heterocycles. The first kappa shape index (κ1) is 30.1. The molecule has 5 unspecified atom stereocenters. The molecule has 234 valence electrons. The summed E-state index contributed by atoms with van der Waals surface area (Å²) >= 11 is 0. The summed E-state index contributed by atoms with van der Waals surface area (Å²) in [4.78, 5) is 36.4. The Hall–Kier alpha value is -3.93. The van der Waals surface area contributed by atoms with Crippen LogP contribution in [0.4, 0.5) is 17.6 Å². The Labute approximate surface area is 252 Å². The fraction of sp³-hybridized carbons (Fsp3) is 0.469. The lowest BCUT2D eigenvalue weighted by Gasteiger charge is -2.30. The van der Waals surface area contributed by atoms with Crippen LogP contribution in [0.5, 0.6) is 0 Å². The highest BCUT2D eigenvalue weighted by Crippen LogP contribution is 2.37. The van der Waals surface area contributed by atoms with E-state index < -0.39 is 42.1 Å². The number of hydrogen-bond acceptors (Lipinski definition) is 4. The number of hydrogen-bond donors (Lipinski definition) is 2. The number of halogens is 4. The van der Waals surface area contributed by atoms with Crippen molar-refractivity contribution in [3.63, 3.8) is 0 Å². The molecule has 6 rings (SSSR count). The number of carbonyl (C=O) groups is 2. The quantitative estimate of drug-likeness (QED) is 0.211. The van der Waals surface area contributed by atoms with Crippen LogP contribution >= 0.6 is 0 Å². The number of H-pyrrole nitrogens is 1. The van der Waals surface area contributed by atoms with Crippen molar-refractivity contribution in [1.82, 2.24) is 29.7 Å². The fourth-order valence-electron chi connectivity index (χ4n) is 6.99. The molecule has 8 nitrogen and oxygen atoms in total. The van der Waals surface area contributed by atoms with Crippen LogP contribution in [0.3, 0.4) is 0 Å². The van der Waals surface area contributed by atoms with Gasteiger partial charge in [-0.15, -0.1) is 0 Å². The Kier molecular flexibility index (Phi) is 8.12. The van der Waals surface area contributed by atoms with Crippen LogP contribution in [0, 0.1) is 17.6 Å². The highest BCUT2D eigenvalue weighted by Gasteiger charge is 2.40. The molecule has 0 aliphatic carbocycles. The van der Waals surface area contributed by atoms with Gasteiger partial charge < -0.3 is 24.7 Å². The average molecular weight is 613 g/mol. The number of nitrogens with one attached hydrogen (secondary N) is 2. The SMILES string of the molecule is CNC(C(=O)N1CC(F)CC1Cc1c(-c2nc3cc(F)ccc3n2CC2CC(F)CN2C=O)[nH]c2cc(F)ccc12)C(C)C. The van der Waals surface area contributed by atoms with Crippen molar-refractivity contribution >= 4 is 34.3 Å². The summed E-state index contributed by atoms with van der Waals surface area (Å²) < 4.78 is 59.9. The maximum absolute atomic E-state index is 15.0. The van der Waals surface area contributed by atoms with Crippen molar-refractivity contribution in [2.24, 2.45) is 5.92 Å². The molecule has 2 saturated heterocycles. The van der Waals surface area contributed by atoms with Gasteiger partial charge in [0, 0.05) is 42.4 Å². The van der Waals surface area contributed by atoms with E-state index in [9.17, 15) is 27.2 Å². The third-order valence-corrected chi connectivity index (χ3v) is 9.07. The maximum atomic E-state index is 15.0. The van der Waals surface area contributed by atoms with Gasteiger partial charge in [-0.1, -0.05) is 13.8 Å². The predicted molar refractivity (Wildman–Crippen MR) is 159 cm³/mol. The molecule has 2 N–H and O–H groups in total. The second-order valence-corrected chi connectivity index (χ2v) is 12.3. The number of amides is 2. The van der Waals surface area contributed by atoms with E-state index in [1.165, 1.54) is 29.2 Å². The Balaban J connectivity index is 1.48. The molecule has 2 fully saturated rings. The lowest BCUT2D eigenvalue weighted by atomic mass is 9.98. The van der Waals surface area contributed by atoms with Gasteiger partial charge in [0.05, 0.1) is 41.9 Å². The highest BCUT2D eigenvalue weighted by molar-refractivity contribution is 5.92. The summed E-state index contributed by atoms with van der Waals surface area (Å²) in [6.45, 7) is 4.02. The summed E-state index contributed by atoms with van der Waals surface area (Å²) in [5.41, 5.74) is 2.65. The first-order valence-electron chi connectivity index (χ1n) is 15.0. The van der Waals surface area contributed by atoms with E-state index >= 15 is 0 Å². The summed E-state index contributed by atoms with van der Waals surface area (Å²) in [5.74, 6) is -0.731. The van der Waals surface area contributed by atoms with E-state index in [0.29, 0.717) is 45.4 Å². The molecule has 44 heavy (non-hydrogen) atoms. The molecule has 2 amide bonds. The van der Waals surface area contributed by atoms with Crippen molar-refractivity contribution in [3.05, 3.63) is 53.6 Å². The van der Waals surface area contributed by atoms with Gasteiger partial charge in [-0.2, -0.15) is 0 Å². The highest BCUT2D eigenvalue weighted by atomic mass is 19.1. The van der Waals surface area contributed by atoms with Gasteiger partial charge in [-0.25, -0.2) is 22.5 Å². The van der Waals surface area contributed by atoms with Gasteiger partial charge in [0.2, 0.25) is 12.3 Å². The molecular weight excluding hydrogens is 576 g/mol. The van der Waals surface area contributed by atoms with Crippen LogP contribution in [0.15, 0.2) is 36.4 Å². The molecule has 2 aromatic carbocycles. The minimum atomic E-state index is -1.20. The van der Waals surface area contributed by atoms with E-state index in [1.807, 2.05) is 18.4 Å². The fourth-order valence-corrected chi connectivity index (χ4v) is 6.99. The normalized spacial score (nSPS) is 23.0. The third kappa shape index (κ3) is 5.44. The second kappa shape index (κ2) is 11.9. The number of benzene rings is 2. The molecule has 0 radical (unpaired) electrons. The summed E-state index contributed by atoms with van der Waals surface area (Å²) in [6, 6.07) is 7.13. The van der Waals surface area contributed by atoms with Crippen molar-refractivity contribution in [2.45, 2.75) is 70.1 Å². The third-order valence-electron chi connectivity index (χ3n) is 9.07. The average Bonchev–Trinajstić information content (AvgIpc) is 3.72. The van der Waals surface area contributed by atoms with Gasteiger partial charge in [0.15, 0.2) is 5.82 Å². The number of aromatic nitrogens is 3. The van der Waals surface area contributed by atoms with Crippen LogP contribution in [0.1, 0.15) is 32.3 Å². The number of aromatic amines is 1. The van der Waals surface area contributed by atoms with Gasteiger partial charge in [-0.3, -0.25) is 9.59 Å². The Morgan fingerprint density at radius 2 is 1.77 bits per heavy atom. The molecule has 12 heteroatoms. The summed E-state index contributed by atoms with van der Waals surface area (Å²) in [7, 11) is 1.71. The Morgan fingerprint density at radius 1 is 1.07 bits per heavy atom. The Bertz CT molecular complexity index is 1700. The van der Waals surface area contributed by atoms with Crippen molar-refractivity contribution < 1.29 is 27.2 Å². The molecule has 5 atom stereocenters. The Morgan fingerprint density at radius 3 is 2.50 bits per heavy atom. The van der Waals surface area contributed by atoms with E-state index in [0.717, 1.165) is 0 Å². The first-order valence-corrected chi connectivity index (χ1v) is 15.0. The molecule has 2 aromatic heterocycles. The maximum Gasteiger partial charge on any atom is 0.240 e. The first-order chi connectivity index (χ1) is 21.1. The number of rotatable bonds is 9. The van der Waals surface area contributed by atoms with Crippen LogP contribution in [-0.4, -0.2) is 87.3 Å². The number of fused-ring (bicyclic) bond motifs is 2. The van der Waals surface area contributed by atoms with E-state index in [-0.39, 0.29) is 50.7 Å². The van der Waals surface area contributed by atoms with Crippen LogP contribution < -0.4 is 5.32 Å². The standard InChI is InChI=1S/C32H36F4N6O2/c1-17(2)29(37-3)32(44)41-14-21(36)8-22(41)12-25-24-6-4-18(33)10-26(24)38-30(25)31-39-27-11-19(34)5-7-28(27)42(31)15-23-9-20(35)13-40(23)16-43/h4-7,10-11,16-17,20-23,29,37-38H,8-9,12-15H2,1-3H3. The number of likely N-dealkylation sites (tertiary alicyclic amines) is 2. The van der Waals surface area contributed by atoms with Crippen LogP contribution in [-0.2, 0) is 22.6 Å². The summed E-state index contributed by atoms with van der Waals surface area (Å²) in [5, 5.41) is 3.75. The zero-order valence-corrected chi connectivity index (χ0v) is 24.9. The van der Waals surface area contributed by atoms with Crippen LogP contribution in [0.25, 0.3) is 33.5 Å². The minimum absolute atomic E-state index is 0.0100. The molecule has 0 bridgehead atoms. The van der Waals surface area contributed by atoms with Gasteiger partial charge in [0.1, 0.15) is 24.0 Å². The predicted octanol–water partition coefficient (Wildman–Crippen LogP) is 4.76. The van der Waals surface area contributed by atoms with Crippen molar-refractivity contribution in [2.75, 3.05) is 20.1 Å². The molecular formula is C32H36F4N6O2. The zero-order valence-electron chi connectivity index (χ0n) is 24.9. The van der Waals surface area contributed by atoms with Gasteiger partial charge >= 0.3 is 0 Å². The van der Waals surface area contributed by atoms with Crippen LogP contribution in [0.2, 0.25) is 0 Å². The number of alkyl halides is 2. The lowest BCUT2D eigenvalue weighted by molar-refractivity contribution is -0.135. The number of imidazole rings is 1. The minimum Gasteiger partial charge on any atom is -0.352 e. The lowest BCUT2D eigenvalue weighted by Crippen LogP contribution is -2.50.